The molecule has 1 aromatic carbocycles. The highest BCUT2D eigenvalue weighted by molar-refractivity contribution is 5.99. The van der Waals surface area contributed by atoms with Crippen molar-refractivity contribution in [3.8, 4) is 0 Å². The largest absolute Gasteiger partial charge is 0.385 e. The van der Waals surface area contributed by atoms with Gasteiger partial charge in [0.15, 0.2) is 5.78 Å². The van der Waals surface area contributed by atoms with E-state index in [9.17, 15) is 4.79 Å². The van der Waals surface area contributed by atoms with Crippen LogP contribution < -0.4 is 4.90 Å². The first kappa shape index (κ1) is 12.7. The van der Waals surface area contributed by atoms with Crippen molar-refractivity contribution >= 4 is 11.5 Å². The molecule has 0 heterocycles. The van der Waals surface area contributed by atoms with Crippen LogP contribution in [0.1, 0.15) is 23.7 Å². The molecule has 0 radical (unpaired) electrons. The maximum absolute atomic E-state index is 11.4. The molecular weight excluding hydrogens is 202 g/mol. The van der Waals surface area contributed by atoms with E-state index in [0.29, 0.717) is 0 Å². The highest BCUT2D eigenvalue weighted by Gasteiger charge is 2.09. The van der Waals surface area contributed by atoms with E-state index in [1.54, 1.807) is 14.0 Å². The van der Waals surface area contributed by atoms with Gasteiger partial charge in [0.1, 0.15) is 0 Å². The maximum atomic E-state index is 11.4. The predicted octanol–water partition coefficient (Wildman–Crippen LogP) is 2.36. The van der Waals surface area contributed by atoms with Crippen molar-refractivity contribution in [3.63, 3.8) is 0 Å². The summed E-state index contributed by atoms with van der Waals surface area (Å²) < 4.78 is 5.01. The van der Waals surface area contributed by atoms with Crippen LogP contribution in [0.2, 0.25) is 0 Å². The van der Waals surface area contributed by atoms with Gasteiger partial charge in [0.25, 0.3) is 0 Å². The third kappa shape index (κ3) is 3.35. The number of hydrogen-bond acceptors (Lipinski definition) is 3. The van der Waals surface area contributed by atoms with Crippen molar-refractivity contribution < 1.29 is 9.53 Å². The highest BCUT2D eigenvalue weighted by Crippen LogP contribution is 2.19. The Labute approximate surface area is 97.0 Å². The first-order valence-corrected chi connectivity index (χ1v) is 5.47. The molecular formula is C13H19NO2. The lowest BCUT2D eigenvalue weighted by Gasteiger charge is -2.21. The van der Waals surface area contributed by atoms with Gasteiger partial charge in [-0.3, -0.25) is 4.79 Å². The molecule has 0 aliphatic heterocycles. The van der Waals surface area contributed by atoms with E-state index in [1.165, 1.54) is 0 Å². The Balaban J connectivity index is 2.74. The standard InChI is InChI=1S/C13H19NO2/c1-11(15)12-7-4-5-8-13(12)14(2)9-6-10-16-3/h4-5,7-8H,6,9-10H2,1-3H3. The van der Waals surface area contributed by atoms with Gasteiger partial charge >= 0.3 is 0 Å². The van der Waals surface area contributed by atoms with Crippen molar-refractivity contribution in [2.45, 2.75) is 13.3 Å². The molecule has 3 nitrogen and oxygen atoms in total. The lowest BCUT2D eigenvalue weighted by molar-refractivity contribution is 0.101. The Bertz CT molecular complexity index is 350. The summed E-state index contributed by atoms with van der Waals surface area (Å²) in [5.41, 5.74) is 1.77. The van der Waals surface area contributed by atoms with Gasteiger partial charge in [0.2, 0.25) is 0 Å². The smallest absolute Gasteiger partial charge is 0.161 e. The number of carbonyl (C=O) groups excluding carboxylic acids is 1. The van der Waals surface area contributed by atoms with Gasteiger partial charge in [-0.15, -0.1) is 0 Å². The molecule has 3 heteroatoms. The van der Waals surface area contributed by atoms with Crippen molar-refractivity contribution in [2.75, 3.05) is 32.2 Å². The first-order chi connectivity index (χ1) is 7.66. The number of ketones is 1. The second-order valence-electron chi connectivity index (χ2n) is 3.84. The molecule has 0 fully saturated rings. The summed E-state index contributed by atoms with van der Waals surface area (Å²) in [4.78, 5) is 13.5. The van der Waals surface area contributed by atoms with Crippen LogP contribution in [0, 0.1) is 0 Å². The number of anilines is 1. The number of rotatable bonds is 6. The number of para-hydroxylation sites is 1. The molecule has 0 saturated carbocycles. The van der Waals surface area contributed by atoms with Crippen molar-refractivity contribution in [3.05, 3.63) is 29.8 Å². The molecule has 0 spiro atoms. The van der Waals surface area contributed by atoms with Gasteiger partial charge in [0, 0.05) is 38.6 Å². The minimum atomic E-state index is 0.106. The second-order valence-corrected chi connectivity index (χ2v) is 3.84. The normalized spacial score (nSPS) is 10.2. The monoisotopic (exact) mass is 221 g/mol. The van der Waals surface area contributed by atoms with Crippen LogP contribution in [-0.2, 0) is 4.74 Å². The molecule has 0 atom stereocenters. The third-order valence-corrected chi connectivity index (χ3v) is 2.54. The summed E-state index contributed by atoms with van der Waals surface area (Å²) in [6.07, 6.45) is 0.958. The summed E-state index contributed by atoms with van der Waals surface area (Å²) in [5.74, 6) is 0.106. The van der Waals surface area contributed by atoms with Gasteiger partial charge in [0.05, 0.1) is 0 Å². The minimum Gasteiger partial charge on any atom is -0.385 e. The third-order valence-electron chi connectivity index (χ3n) is 2.54. The molecule has 0 amide bonds. The number of nitrogens with zero attached hydrogens (tertiary/aromatic N) is 1. The fourth-order valence-corrected chi connectivity index (χ4v) is 1.67. The fraction of sp³-hybridized carbons (Fsp3) is 0.462. The number of carbonyl (C=O) groups is 1. The Hall–Kier alpha value is -1.35. The zero-order chi connectivity index (χ0) is 12.0. The van der Waals surface area contributed by atoms with Gasteiger partial charge in [-0.05, 0) is 25.5 Å². The maximum Gasteiger partial charge on any atom is 0.161 e. The number of hydrogen-bond donors (Lipinski definition) is 0. The lowest BCUT2D eigenvalue weighted by atomic mass is 10.1. The molecule has 16 heavy (non-hydrogen) atoms. The van der Waals surface area contributed by atoms with E-state index in [-0.39, 0.29) is 5.78 Å². The summed E-state index contributed by atoms with van der Waals surface area (Å²) in [5, 5.41) is 0. The number of methoxy groups -OCH3 is 1. The highest BCUT2D eigenvalue weighted by atomic mass is 16.5. The van der Waals surface area contributed by atoms with E-state index >= 15 is 0 Å². The zero-order valence-electron chi connectivity index (χ0n) is 10.2. The molecule has 0 saturated heterocycles. The summed E-state index contributed by atoms with van der Waals surface area (Å²) >= 11 is 0. The van der Waals surface area contributed by atoms with Crippen molar-refractivity contribution in [2.24, 2.45) is 0 Å². The fourth-order valence-electron chi connectivity index (χ4n) is 1.67. The Morgan fingerprint density at radius 1 is 1.38 bits per heavy atom. The molecule has 0 aliphatic rings. The Morgan fingerprint density at radius 2 is 2.06 bits per heavy atom. The van der Waals surface area contributed by atoms with Crippen molar-refractivity contribution in [1.29, 1.82) is 0 Å². The molecule has 0 N–H and O–H groups in total. The van der Waals surface area contributed by atoms with Crippen LogP contribution in [-0.4, -0.2) is 33.1 Å². The van der Waals surface area contributed by atoms with Gasteiger partial charge in [-0.1, -0.05) is 12.1 Å². The van der Waals surface area contributed by atoms with Crippen molar-refractivity contribution in [1.82, 2.24) is 0 Å². The average Bonchev–Trinajstić information content (AvgIpc) is 2.29. The molecule has 1 rings (SSSR count). The zero-order valence-corrected chi connectivity index (χ0v) is 10.2. The van der Waals surface area contributed by atoms with Crippen LogP contribution >= 0.6 is 0 Å². The Morgan fingerprint density at radius 3 is 2.69 bits per heavy atom. The number of ether oxygens (including phenoxy) is 1. The lowest BCUT2D eigenvalue weighted by Crippen LogP contribution is -2.21. The first-order valence-electron chi connectivity index (χ1n) is 5.47. The van der Waals surface area contributed by atoms with E-state index < -0.39 is 0 Å². The van der Waals surface area contributed by atoms with E-state index in [2.05, 4.69) is 4.90 Å². The molecule has 88 valence electrons. The van der Waals surface area contributed by atoms with Crippen LogP contribution in [0.4, 0.5) is 5.69 Å². The number of benzene rings is 1. The van der Waals surface area contributed by atoms with Crippen LogP contribution in [0.15, 0.2) is 24.3 Å². The topological polar surface area (TPSA) is 29.5 Å². The average molecular weight is 221 g/mol. The van der Waals surface area contributed by atoms with Gasteiger partial charge in [-0.25, -0.2) is 0 Å². The van der Waals surface area contributed by atoms with Gasteiger partial charge in [-0.2, -0.15) is 0 Å². The second kappa shape index (κ2) is 6.28. The summed E-state index contributed by atoms with van der Waals surface area (Å²) in [7, 11) is 3.70. The molecule has 0 unspecified atom stereocenters. The summed E-state index contributed by atoms with van der Waals surface area (Å²) in [6, 6.07) is 7.69. The van der Waals surface area contributed by atoms with Crippen LogP contribution in [0.3, 0.4) is 0 Å². The van der Waals surface area contributed by atoms with Crippen LogP contribution in [0.5, 0.6) is 0 Å². The quantitative estimate of drug-likeness (QED) is 0.545. The van der Waals surface area contributed by atoms with Crippen LogP contribution in [0.25, 0.3) is 0 Å². The molecule has 0 bridgehead atoms. The molecule has 1 aromatic rings. The number of Topliss-reactive ketones (excluding diaryl/α,β-unsaturated/α-hetero) is 1. The molecule has 0 aromatic heterocycles. The molecule has 0 aliphatic carbocycles. The van der Waals surface area contributed by atoms with Gasteiger partial charge < -0.3 is 9.64 Å². The summed E-state index contributed by atoms with van der Waals surface area (Å²) in [6.45, 7) is 3.23. The predicted molar refractivity (Wildman–Crippen MR) is 66.2 cm³/mol. The van der Waals surface area contributed by atoms with E-state index in [0.717, 1.165) is 30.8 Å². The SMILES string of the molecule is COCCCN(C)c1ccccc1C(C)=O. The van der Waals surface area contributed by atoms with E-state index in [1.807, 2.05) is 31.3 Å². The minimum absolute atomic E-state index is 0.106. The van der Waals surface area contributed by atoms with E-state index in [4.69, 9.17) is 4.74 Å². The Kier molecular flexibility index (Phi) is 4.99.